The van der Waals surface area contributed by atoms with Gasteiger partial charge >= 0.3 is 0 Å². The first-order valence-electron chi connectivity index (χ1n) is 4.62. The van der Waals surface area contributed by atoms with E-state index in [1.54, 1.807) is 0 Å². The van der Waals surface area contributed by atoms with Crippen LogP contribution in [0.5, 0.6) is 0 Å². The highest BCUT2D eigenvalue weighted by molar-refractivity contribution is 5.84. The highest BCUT2D eigenvalue weighted by Gasteiger charge is 2.07. The minimum absolute atomic E-state index is 0.534. The Hall–Kier alpha value is -1.31. The number of aryl methyl sites for hydroxylation is 1. The van der Waals surface area contributed by atoms with Crippen molar-refractivity contribution in [1.29, 1.82) is 0 Å². The molecular weight excluding hydrogens is 160 g/mol. The normalized spacial score (nSPS) is 11.4. The molecular formula is C11H14N2. The molecule has 0 aromatic carbocycles. The Morgan fingerprint density at radius 3 is 2.85 bits per heavy atom. The molecule has 0 radical (unpaired) electrons. The van der Waals surface area contributed by atoms with Crippen LogP contribution in [-0.2, 0) is 0 Å². The van der Waals surface area contributed by atoms with E-state index in [9.17, 15) is 0 Å². The molecule has 2 heteroatoms. The summed E-state index contributed by atoms with van der Waals surface area (Å²) >= 11 is 0. The van der Waals surface area contributed by atoms with Crippen LogP contribution in [0.25, 0.3) is 10.9 Å². The van der Waals surface area contributed by atoms with E-state index < -0.39 is 0 Å². The summed E-state index contributed by atoms with van der Waals surface area (Å²) in [6.07, 6.45) is 3.96. The van der Waals surface area contributed by atoms with Crippen LogP contribution >= 0.6 is 0 Å². The summed E-state index contributed by atoms with van der Waals surface area (Å²) in [5, 5.41) is 1.31. The zero-order chi connectivity index (χ0) is 9.42. The van der Waals surface area contributed by atoms with Crippen LogP contribution in [0.2, 0.25) is 0 Å². The van der Waals surface area contributed by atoms with Crippen LogP contribution in [0.15, 0.2) is 18.5 Å². The number of aromatic amines is 1. The third-order valence-corrected chi connectivity index (χ3v) is 2.44. The van der Waals surface area contributed by atoms with Crippen molar-refractivity contribution in [3.05, 3.63) is 29.7 Å². The molecule has 2 aromatic rings. The number of rotatable bonds is 1. The first-order chi connectivity index (χ1) is 6.20. The summed E-state index contributed by atoms with van der Waals surface area (Å²) < 4.78 is 0. The van der Waals surface area contributed by atoms with E-state index in [0.717, 1.165) is 5.69 Å². The van der Waals surface area contributed by atoms with Crippen LogP contribution in [0, 0.1) is 6.92 Å². The molecule has 0 saturated heterocycles. The molecule has 2 nitrogen and oxygen atoms in total. The largest absolute Gasteiger partial charge is 0.360 e. The second-order valence-corrected chi connectivity index (χ2v) is 3.72. The van der Waals surface area contributed by atoms with Crippen LogP contribution < -0.4 is 0 Å². The lowest BCUT2D eigenvalue weighted by Crippen LogP contribution is -1.92. The van der Waals surface area contributed by atoms with Gasteiger partial charge in [0.05, 0.1) is 11.2 Å². The molecule has 13 heavy (non-hydrogen) atoms. The number of pyridine rings is 1. The molecule has 2 heterocycles. The Bertz CT molecular complexity index is 427. The summed E-state index contributed by atoms with van der Waals surface area (Å²) in [5.41, 5.74) is 3.57. The molecule has 0 unspecified atom stereocenters. The maximum atomic E-state index is 4.37. The second kappa shape index (κ2) is 2.87. The van der Waals surface area contributed by atoms with Crippen LogP contribution in [0.1, 0.15) is 31.0 Å². The van der Waals surface area contributed by atoms with Gasteiger partial charge in [-0.15, -0.1) is 0 Å². The van der Waals surface area contributed by atoms with Crippen molar-refractivity contribution in [3.63, 3.8) is 0 Å². The van der Waals surface area contributed by atoms with Gasteiger partial charge in [0.2, 0.25) is 0 Å². The molecule has 0 atom stereocenters. The SMILES string of the molecule is Cc1ncc(C(C)C)c2cc[nH]c12. The smallest absolute Gasteiger partial charge is 0.0673 e. The summed E-state index contributed by atoms with van der Waals surface area (Å²) in [4.78, 5) is 7.59. The lowest BCUT2D eigenvalue weighted by molar-refractivity contribution is 0.867. The van der Waals surface area contributed by atoms with Gasteiger partial charge in [0, 0.05) is 17.8 Å². The van der Waals surface area contributed by atoms with E-state index in [1.165, 1.54) is 16.5 Å². The maximum Gasteiger partial charge on any atom is 0.0673 e. The highest BCUT2D eigenvalue weighted by atomic mass is 14.7. The first kappa shape index (κ1) is 8.30. The minimum atomic E-state index is 0.534. The minimum Gasteiger partial charge on any atom is -0.360 e. The molecule has 0 spiro atoms. The molecule has 0 aliphatic heterocycles. The van der Waals surface area contributed by atoms with Crippen molar-refractivity contribution in [3.8, 4) is 0 Å². The molecule has 0 aliphatic carbocycles. The standard InChI is InChI=1S/C11H14N2/c1-7(2)10-6-13-8(3)11-9(10)4-5-12-11/h4-7,12H,1-3H3. The molecule has 0 aliphatic rings. The molecule has 0 fully saturated rings. The van der Waals surface area contributed by atoms with Crippen molar-refractivity contribution < 1.29 is 0 Å². The van der Waals surface area contributed by atoms with Crippen LogP contribution in [-0.4, -0.2) is 9.97 Å². The van der Waals surface area contributed by atoms with Gasteiger partial charge in [0.15, 0.2) is 0 Å². The maximum absolute atomic E-state index is 4.37. The van der Waals surface area contributed by atoms with Crippen molar-refractivity contribution in [1.82, 2.24) is 9.97 Å². The van der Waals surface area contributed by atoms with Crippen LogP contribution in [0.3, 0.4) is 0 Å². The number of nitrogens with zero attached hydrogens (tertiary/aromatic N) is 1. The Balaban J connectivity index is 2.78. The number of aromatic nitrogens is 2. The third-order valence-electron chi connectivity index (χ3n) is 2.44. The summed E-state index contributed by atoms with van der Waals surface area (Å²) in [7, 11) is 0. The van der Waals surface area contributed by atoms with Crippen molar-refractivity contribution in [2.45, 2.75) is 26.7 Å². The Labute approximate surface area is 78.0 Å². The zero-order valence-electron chi connectivity index (χ0n) is 8.26. The van der Waals surface area contributed by atoms with Gasteiger partial charge in [-0.25, -0.2) is 0 Å². The number of nitrogens with one attached hydrogen (secondary N) is 1. The topological polar surface area (TPSA) is 28.7 Å². The average molecular weight is 174 g/mol. The van der Waals surface area contributed by atoms with Gasteiger partial charge in [-0.3, -0.25) is 4.98 Å². The predicted molar refractivity (Wildman–Crippen MR) is 54.9 cm³/mol. The zero-order valence-corrected chi connectivity index (χ0v) is 8.26. The van der Waals surface area contributed by atoms with E-state index in [1.807, 2.05) is 19.3 Å². The average Bonchev–Trinajstić information content (AvgIpc) is 2.53. The fourth-order valence-corrected chi connectivity index (χ4v) is 1.67. The third kappa shape index (κ3) is 1.22. The van der Waals surface area contributed by atoms with Gasteiger partial charge < -0.3 is 4.98 Å². The van der Waals surface area contributed by atoms with E-state index in [4.69, 9.17) is 0 Å². The van der Waals surface area contributed by atoms with Crippen molar-refractivity contribution >= 4 is 10.9 Å². The van der Waals surface area contributed by atoms with E-state index in [0.29, 0.717) is 5.92 Å². The molecule has 2 rings (SSSR count). The number of hydrogen-bond acceptors (Lipinski definition) is 1. The number of hydrogen-bond donors (Lipinski definition) is 1. The molecule has 0 bridgehead atoms. The lowest BCUT2D eigenvalue weighted by atomic mass is 10.0. The molecule has 2 aromatic heterocycles. The molecule has 1 N–H and O–H groups in total. The van der Waals surface area contributed by atoms with Gasteiger partial charge in [-0.1, -0.05) is 13.8 Å². The highest BCUT2D eigenvalue weighted by Crippen LogP contribution is 2.24. The second-order valence-electron chi connectivity index (χ2n) is 3.72. The molecule has 0 amide bonds. The quantitative estimate of drug-likeness (QED) is 0.707. The molecule has 0 saturated carbocycles. The van der Waals surface area contributed by atoms with E-state index in [-0.39, 0.29) is 0 Å². The summed E-state index contributed by atoms with van der Waals surface area (Å²) in [6.45, 7) is 6.42. The fourth-order valence-electron chi connectivity index (χ4n) is 1.67. The van der Waals surface area contributed by atoms with E-state index in [2.05, 4.69) is 29.9 Å². The Kier molecular flexibility index (Phi) is 1.83. The summed E-state index contributed by atoms with van der Waals surface area (Å²) in [6, 6.07) is 2.12. The Morgan fingerprint density at radius 2 is 2.15 bits per heavy atom. The van der Waals surface area contributed by atoms with Gasteiger partial charge in [0.1, 0.15) is 0 Å². The van der Waals surface area contributed by atoms with Gasteiger partial charge in [-0.2, -0.15) is 0 Å². The molecule has 68 valence electrons. The fraction of sp³-hybridized carbons (Fsp3) is 0.364. The van der Waals surface area contributed by atoms with Crippen LogP contribution in [0.4, 0.5) is 0 Å². The van der Waals surface area contributed by atoms with E-state index >= 15 is 0 Å². The first-order valence-corrected chi connectivity index (χ1v) is 4.62. The monoisotopic (exact) mass is 174 g/mol. The number of H-pyrrole nitrogens is 1. The van der Waals surface area contributed by atoms with Crippen molar-refractivity contribution in [2.75, 3.05) is 0 Å². The number of fused-ring (bicyclic) bond motifs is 1. The lowest BCUT2D eigenvalue weighted by Gasteiger charge is -2.07. The van der Waals surface area contributed by atoms with Crippen molar-refractivity contribution in [2.24, 2.45) is 0 Å². The van der Waals surface area contributed by atoms with Gasteiger partial charge in [-0.05, 0) is 24.5 Å². The predicted octanol–water partition coefficient (Wildman–Crippen LogP) is 2.99. The Morgan fingerprint density at radius 1 is 1.38 bits per heavy atom. The van der Waals surface area contributed by atoms with Gasteiger partial charge in [0.25, 0.3) is 0 Å². The summed E-state index contributed by atoms with van der Waals surface area (Å²) in [5.74, 6) is 0.534.